The van der Waals surface area contributed by atoms with Crippen LogP contribution in [0.4, 0.5) is 13.2 Å². The largest absolute Gasteiger partial charge is 0.479 e. The third-order valence-electron chi connectivity index (χ3n) is 6.54. The topological polar surface area (TPSA) is 71.3 Å². The molecular weight excluding hydrogens is 489 g/mol. The van der Waals surface area contributed by atoms with E-state index in [-0.39, 0.29) is 23.6 Å². The third-order valence-corrected chi connectivity index (χ3v) is 7.40. The number of carboxylic acids is 1. The van der Waals surface area contributed by atoms with Crippen molar-refractivity contribution in [1.82, 2.24) is 9.29 Å². The first-order valence-electron chi connectivity index (χ1n) is 11.2. The van der Waals surface area contributed by atoms with Crippen LogP contribution in [0.25, 0.3) is 21.9 Å². The quantitative estimate of drug-likeness (QED) is 0.345. The van der Waals surface area contributed by atoms with Crippen LogP contribution in [0, 0.1) is 0 Å². The Morgan fingerprint density at radius 1 is 1.06 bits per heavy atom. The first-order chi connectivity index (χ1) is 17.1. The number of hydrogen-bond acceptors (Lipinski definition) is 4. The number of aromatic nitrogens is 1. The van der Waals surface area contributed by atoms with Crippen molar-refractivity contribution in [2.75, 3.05) is 6.54 Å². The molecule has 0 saturated carbocycles. The Hall–Kier alpha value is -3.56. The fraction of sp³-hybridized carbons (Fsp3) is 0.185. The minimum absolute atomic E-state index is 0.0232. The number of aliphatic carboxylic acids is 1. The number of fused-ring (bicyclic) bond motifs is 2. The predicted molar refractivity (Wildman–Crippen MR) is 133 cm³/mol. The Kier molecular flexibility index (Phi) is 5.92. The third kappa shape index (κ3) is 4.08. The Morgan fingerprint density at radius 2 is 1.78 bits per heavy atom. The van der Waals surface area contributed by atoms with Gasteiger partial charge in [0, 0.05) is 18.2 Å². The first-order valence-corrected chi connectivity index (χ1v) is 12.0. The molecule has 0 spiro atoms. The average molecular weight is 511 g/mol. The van der Waals surface area contributed by atoms with Crippen LogP contribution >= 0.6 is 11.9 Å². The van der Waals surface area contributed by atoms with Crippen LogP contribution in [-0.2, 0) is 22.9 Å². The van der Waals surface area contributed by atoms with Crippen molar-refractivity contribution in [2.45, 2.75) is 30.1 Å². The van der Waals surface area contributed by atoms with Gasteiger partial charge in [-0.1, -0.05) is 54.6 Å². The number of benzene rings is 3. The van der Waals surface area contributed by atoms with E-state index in [1.807, 2.05) is 42.5 Å². The molecule has 4 aromatic rings. The monoisotopic (exact) mass is 510 g/mol. The molecule has 0 saturated heterocycles. The van der Waals surface area contributed by atoms with Crippen molar-refractivity contribution >= 4 is 28.7 Å². The van der Waals surface area contributed by atoms with E-state index < -0.39 is 28.8 Å². The van der Waals surface area contributed by atoms with Crippen LogP contribution < -0.4 is 10.3 Å². The van der Waals surface area contributed by atoms with Crippen molar-refractivity contribution in [2.24, 2.45) is 0 Å². The van der Waals surface area contributed by atoms with Gasteiger partial charge in [-0.25, -0.2) is 4.79 Å². The zero-order valence-corrected chi connectivity index (χ0v) is 19.9. The van der Waals surface area contributed by atoms with E-state index in [2.05, 4.69) is 4.72 Å². The standard InChI is InChI=1S/C27H21F3N2O3S/c1-26(25(34)35)15-31-36-24-23(18-9-5-10-20(13-18)27(28,29)30)19(14-22(33)32(24)26)12-17-8-4-7-16-6-2-3-11-21(16)17/h2-11,13-14,31H,12,15H2,1H3,(H,34,35). The summed E-state index contributed by atoms with van der Waals surface area (Å²) in [4.78, 5) is 25.5. The Balaban J connectivity index is 1.80. The SMILES string of the molecule is CC1(C(=O)O)CNSc2c(-c3cccc(C(F)(F)F)c3)c(Cc3cccc4ccccc34)cc(=O)n21. The molecule has 0 amide bonds. The van der Waals surface area contributed by atoms with Gasteiger partial charge in [0.25, 0.3) is 5.56 Å². The highest BCUT2D eigenvalue weighted by Crippen LogP contribution is 2.40. The number of alkyl halides is 3. The smallest absolute Gasteiger partial charge is 0.416 e. The van der Waals surface area contributed by atoms with Gasteiger partial charge in [-0.3, -0.25) is 14.1 Å². The van der Waals surface area contributed by atoms with Crippen LogP contribution in [0.2, 0.25) is 0 Å². The number of carbonyl (C=O) groups is 1. The predicted octanol–water partition coefficient (Wildman–Crippen LogP) is 5.69. The molecule has 0 radical (unpaired) electrons. The number of rotatable bonds is 4. The van der Waals surface area contributed by atoms with Crippen LogP contribution in [0.1, 0.15) is 23.6 Å². The molecule has 9 heteroatoms. The van der Waals surface area contributed by atoms with Crippen LogP contribution in [0.15, 0.2) is 82.6 Å². The number of carboxylic acid groups (broad SMARTS) is 1. The fourth-order valence-corrected chi connectivity index (χ4v) is 5.87. The Bertz CT molecular complexity index is 1560. The minimum atomic E-state index is -4.56. The summed E-state index contributed by atoms with van der Waals surface area (Å²) in [6, 6.07) is 19.8. The zero-order valence-electron chi connectivity index (χ0n) is 19.1. The van der Waals surface area contributed by atoms with Crippen molar-refractivity contribution in [3.05, 3.63) is 99.8 Å². The summed E-state index contributed by atoms with van der Waals surface area (Å²) in [6.45, 7) is 1.40. The molecule has 2 heterocycles. The molecule has 5 nitrogen and oxygen atoms in total. The maximum Gasteiger partial charge on any atom is 0.416 e. The second kappa shape index (κ2) is 8.83. The normalized spacial score (nSPS) is 17.7. The number of nitrogens with one attached hydrogen (secondary N) is 1. The van der Waals surface area contributed by atoms with E-state index in [4.69, 9.17) is 0 Å². The summed E-state index contributed by atoms with van der Waals surface area (Å²) in [6.07, 6.45) is -4.28. The van der Waals surface area contributed by atoms with Gasteiger partial charge >= 0.3 is 12.1 Å². The average Bonchev–Trinajstić information content (AvgIpc) is 2.84. The Labute approximate surface area is 208 Å². The van der Waals surface area contributed by atoms with E-state index in [1.165, 1.54) is 23.6 Å². The summed E-state index contributed by atoms with van der Waals surface area (Å²) in [7, 11) is 0. The fourth-order valence-electron chi connectivity index (χ4n) is 4.65. The van der Waals surface area contributed by atoms with E-state index in [0.29, 0.717) is 11.1 Å². The molecule has 1 unspecified atom stereocenters. The van der Waals surface area contributed by atoms with Crippen molar-refractivity contribution < 1.29 is 23.1 Å². The van der Waals surface area contributed by atoms with Crippen LogP contribution in [0.3, 0.4) is 0 Å². The molecule has 3 aromatic carbocycles. The summed E-state index contributed by atoms with van der Waals surface area (Å²) in [5, 5.41) is 12.2. The molecule has 1 aromatic heterocycles. The molecule has 1 aliphatic heterocycles. The summed E-state index contributed by atoms with van der Waals surface area (Å²) < 4.78 is 44.9. The lowest BCUT2D eigenvalue weighted by molar-refractivity contribution is -0.147. The number of halogens is 3. The highest BCUT2D eigenvalue weighted by atomic mass is 32.2. The zero-order chi connectivity index (χ0) is 25.7. The minimum Gasteiger partial charge on any atom is -0.479 e. The molecular formula is C27H21F3N2O3S. The molecule has 36 heavy (non-hydrogen) atoms. The van der Waals surface area contributed by atoms with E-state index >= 15 is 0 Å². The van der Waals surface area contributed by atoms with Gasteiger partial charge in [0.1, 0.15) is 5.03 Å². The van der Waals surface area contributed by atoms with Gasteiger partial charge in [-0.2, -0.15) is 13.2 Å². The molecule has 0 bridgehead atoms. The molecule has 5 rings (SSSR count). The number of pyridine rings is 1. The van der Waals surface area contributed by atoms with Crippen molar-refractivity contribution in [3.63, 3.8) is 0 Å². The lowest BCUT2D eigenvalue weighted by atomic mass is 9.92. The van der Waals surface area contributed by atoms with Crippen LogP contribution in [0.5, 0.6) is 0 Å². The van der Waals surface area contributed by atoms with E-state index in [0.717, 1.165) is 40.4 Å². The Morgan fingerprint density at radius 3 is 2.53 bits per heavy atom. The van der Waals surface area contributed by atoms with Gasteiger partial charge in [-0.05, 0) is 64.9 Å². The van der Waals surface area contributed by atoms with E-state index in [9.17, 15) is 27.9 Å². The molecule has 184 valence electrons. The summed E-state index contributed by atoms with van der Waals surface area (Å²) >= 11 is 1.05. The summed E-state index contributed by atoms with van der Waals surface area (Å²) in [5.41, 5.74) is -0.866. The van der Waals surface area contributed by atoms with Gasteiger partial charge in [0.2, 0.25) is 0 Å². The number of nitrogens with zero attached hydrogens (tertiary/aromatic N) is 1. The molecule has 1 aliphatic rings. The first kappa shape index (κ1) is 24.1. The van der Waals surface area contributed by atoms with Crippen molar-refractivity contribution in [1.29, 1.82) is 0 Å². The van der Waals surface area contributed by atoms with Gasteiger partial charge in [0.15, 0.2) is 5.54 Å². The highest BCUT2D eigenvalue weighted by molar-refractivity contribution is 7.97. The lowest BCUT2D eigenvalue weighted by Gasteiger charge is -2.35. The van der Waals surface area contributed by atoms with Gasteiger partial charge < -0.3 is 5.11 Å². The molecule has 0 fully saturated rings. The van der Waals surface area contributed by atoms with Crippen molar-refractivity contribution in [3.8, 4) is 11.1 Å². The molecule has 0 aliphatic carbocycles. The molecule has 2 N–H and O–H groups in total. The molecule has 1 atom stereocenters. The van der Waals surface area contributed by atoms with Crippen LogP contribution in [-0.4, -0.2) is 22.2 Å². The lowest BCUT2D eigenvalue weighted by Crippen LogP contribution is -2.54. The second-order valence-corrected chi connectivity index (χ2v) is 9.80. The number of hydrogen-bond donors (Lipinski definition) is 2. The van der Waals surface area contributed by atoms with E-state index in [1.54, 1.807) is 6.07 Å². The van der Waals surface area contributed by atoms with Gasteiger partial charge in [-0.15, -0.1) is 0 Å². The summed E-state index contributed by atoms with van der Waals surface area (Å²) in [5.74, 6) is -1.21. The second-order valence-electron chi connectivity index (χ2n) is 8.92. The highest BCUT2D eigenvalue weighted by Gasteiger charge is 2.42. The van der Waals surface area contributed by atoms with Gasteiger partial charge in [0.05, 0.1) is 5.56 Å². The maximum atomic E-state index is 13.6. The maximum absolute atomic E-state index is 13.6.